The Kier molecular flexibility index (Phi) is 4.50. The second kappa shape index (κ2) is 5.89. The summed E-state index contributed by atoms with van der Waals surface area (Å²) < 4.78 is 5.40. The molecule has 0 aliphatic carbocycles. The molecule has 0 aliphatic heterocycles. The predicted octanol–water partition coefficient (Wildman–Crippen LogP) is 0.422. The zero-order chi connectivity index (χ0) is 12.0. The van der Waals surface area contributed by atoms with Crippen molar-refractivity contribution >= 4 is 11.9 Å². The molecule has 0 aromatic carbocycles. The highest BCUT2D eigenvalue weighted by molar-refractivity contribution is 5.79. The largest absolute Gasteiger partial charge is 0.475 e. The fourth-order valence-electron chi connectivity index (χ4n) is 0.982. The number of amides is 1. The van der Waals surface area contributed by atoms with E-state index in [4.69, 9.17) is 4.74 Å². The Labute approximate surface area is 94.4 Å². The van der Waals surface area contributed by atoms with E-state index >= 15 is 0 Å². The maximum atomic E-state index is 11.0. The van der Waals surface area contributed by atoms with E-state index < -0.39 is 0 Å². The van der Waals surface area contributed by atoms with Gasteiger partial charge in [-0.15, -0.1) is 0 Å². The summed E-state index contributed by atoms with van der Waals surface area (Å²) in [7, 11) is 1.57. The highest BCUT2D eigenvalue weighted by Gasteiger charge is 2.03. The quantitative estimate of drug-likeness (QED) is 0.758. The monoisotopic (exact) mass is 224 g/mol. The molecule has 0 unspecified atom stereocenters. The number of anilines is 1. The van der Waals surface area contributed by atoms with Crippen molar-refractivity contribution < 1.29 is 9.53 Å². The van der Waals surface area contributed by atoms with Crippen molar-refractivity contribution in [1.82, 2.24) is 15.3 Å². The molecule has 0 atom stereocenters. The van der Waals surface area contributed by atoms with E-state index in [9.17, 15) is 4.79 Å². The van der Waals surface area contributed by atoms with Gasteiger partial charge in [-0.3, -0.25) is 4.79 Å². The SMILES string of the molecule is CNC(=O)CNc1nccc(OC(C)C)n1. The summed E-state index contributed by atoms with van der Waals surface area (Å²) in [6.07, 6.45) is 1.64. The van der Waals surface area contributed by atoms with E-state index in [1.54, 1.807) is 19.3 Å². The van der Waals surface area contributed by atoms with Gasteiger partial charge in [0.1, 0.15) is 0 Å². The third-order valence-electron chi connectivity index (χ3n) is 1.67. The van der Waals surface area contributed by atoms with Crippen LogP contribution in [-0.4, -0.2) is 35.6 Å². The summed E-state index contributed by atoms with van der Waals surface area (Å²) in [5.74, 6) is 0.741. The summed E-state index contributed by atoms with van der Waals surface area (Å²) in [4.78, 5) is 19.1. The lowest BCUT2D eigenvalue weighted by atomic mass is 10.5. The lowest BCUT2D eigenvalue weighted by Crippen LogP contribution is -2.26. The molecule has 1 amide bonds. The minimum Gasteiger partial charge on any atom is -0.475 e. The molecule has 16 heavy (non-hydrogen) atoms. The zero-order valence-electron chi connectivity index (χ0n) is 9.65. The summed E-state index contributed by atoms with van der Waals surface area (Å²) in [5.41, 5.74) is 0. The third-order valence-corrected chi connectivity index (χ3v) is 1.67. The Bertz CT molecular complexity index is 354. The Morgan fingerprint density at radius 3 is 2.94 bits per heavy atom. The van der Waals surface area contributed by atoms with Crippen LogP contribution in [0.4, 0.5) is 5.95 Å². The van der Waals surface area contributed by atoms with Crippen molar-refractivity contribution in [2.24, 2.45) is 0 Å². The van der Waals surface area contributed by atoms with E-state index in [2.05, 4.69) is 20.6 Å². The fraction of sp³-hybridized carbons (Fsp3) is 0.500. The van der Waals surface area contributed by atoms with Crippen molar-refractivity contribution in [3.8, 4) is 5.88 Å². The second-order valence-corrected chi connectivity index (χ2v) is 3.41. The number of hydrogen-bond donors (Lipinski definition) is 2. The van der Waals surface area contributed by atoms with Crippen LogP contribution in [0.3, 0.4) is 0 Å². The van der Waals surface area contributed by atoms with Crippen LogP contribution in [0.5, 0.6) is 5.88 Å². The van der Waals surface area contributed by atoms with E-state index in [0.29, 0.717) is 11.8 Å². The zero-order valence-corrected chi connectivity index (χ0v) is 9.65. The third kappa shape index (κ3) is 4.12. The molecular weight excluding hydrogens is 208 g/mol. The summed E-state index contributed by atoms with van der Waals surface area (Å²) in [5, 5.41) is 5.29. The first-order chi connectivity index (χ1) is 7.61. The molecule has 0 fully saturated rings. The number of rotatable bonds is 5. The highest BCUT2D eigenvalue weighted by Crippen LogP contribution is 2.09. The average molecular weight is 224 g/mol. The van der Waals surface area contributed by atoms with Crippen LogP contribution in [-0.2, 0) is 4.79 Å². The Morgan fingerprint density at radius 2 is 2.31 bits per heavy atom. The topological polar surface area (TPSA) is 76.1 Å². The molecule has 0 saturated carbocycles. The lowest BCUT2D eigenvalue weighted by molar-refractivity contribution is -0.118. The normalized spacial score (nSPS) is 10.0. The molecule has 1 aromatic heterocycles. The molecular formula is C10H16N4O2. The van der Waals surface area contributed by atoms with E-state index in [-0.39, 0.29) is 18.6 Å². The number of nitrogens with one attached hydrogen (secondary N) is 2. The van der Waals surface area contributed by atoms with Gasteiger partial charge in [0.25, 0.3) is 0 Å². The van der Waals surface area contributed by atoms with Crippen LogP contribution < -0.4 is 15.4 Å². The number of likely N-dealkylation sites (N-methyl/N-ethyl adjacent to an activating group) is 1. The van der Waals surface area contributed by atoms with Crippen molar-refractivity contribution in [2.45, 2.75) is 20.0 Å². The highest BCUT2D eigenvalue weighted by atomic mass is 16.5. The van der Waals surface area contributed by atoms with Gasteiger partial charge in [-0.05, 0) is 13.8 Å². The van der Waals surface area contributed by atoms with Gasteiger partial charge in [0.15, 0.2) is 0 Å². The summed E-state index contributed by atoms with van der Waals surface area (Å²) in [6, 6.07) is 1.67. The Balaban J connectivity index is 2.56. The van der Waals surface area contributed by atoms with Crippen LogP contribution in [0, 0.1) is 0 Å². The van der Waals surface area contributed by atoms with Crippen LogP contribution in [0.2, 0.25) is 0 Å². The van der Waals surface area contributed by atoms with Crippen LogP contribution >= 0.6 is 0 Å². The van der Waals surface area contributed by atoms with E-state index in [1.807, 2.05) is 13.8 Å². The molecule has 1 rings (SSSR count). The van der Waals surface area contributed by atoms with Gasteiger partial charge in [0, 0.05) is 19.3 Å². The molecule has 6 heteroatoms. The molecule has 0 spiro atoms. The summed E-state index contributed by atoms with van der Waals surface area (Å²) in [6.45, 7) is 3.97. The minimum absolute atomic E-state index is 0.0571. The Hall–Kier alpha value is -1.85. The lowest BCUT2D eigenvalue weighted by Gasteiger charge is -2.09. The second-order valence-electron chi connectivity index (χ2n) is 3.41. The van der Waals surface area contributed by atoms with Gasteiger partial charge >= 0.3 is 0 Å². The molecule has 1 heterocycles. The Morgan fingerprint density at radius 1 is 1.56 bits per heavy atom. The predicted molar refractivity (Wildman–Crippen MR) is 60.4 cm³/mol. The molecule has 1 aromatic rings. The first kappa shape index (κ1) is 12.2. The standard InChI is InChI=1S/C10H16N4O2/c1-7(2)16-9-4-5-12-10(14-9)13-6-8(15)11-3/h4-5,7H,6H2,1-3H3,(H,11,15)(H,12,13,14). The van der Waals surface area contributed by atoms with Gasteiger partial charge in [0.05, 0.1) is 12.6 Å². The average Bonchev–Trinajstić information content (AvgIpc) is 2.25. The number of carbonyl (C=O) groups is 1. The molecule has 88 valence electrons. The first-order valence-electron chi connectivity index (χ1n) is 5.06. The van der Waals surface area contributed by atoms with Crippen molar-refractivity contribution in [3.05, 3.63) is 12.3 Å². The van der Waals surface area contributed by atoms with Crippen molar-refractivity contribution in [1.29, 1.82) is 0 Å². The van der Waals surface area contributed by atoms with Crippen molar-refractivity contribution in [3.63, 3.8) is 0 Å². The number of ether oxygens (including phenoxy) is 1. The number of carbonyl (C=O) groups excluding carboxylic acids is 1. The van der Waals surface area contributed by atoms with Crippen LogP contribution in [0.15, 0.2) is 12.3 Å². The van der Waals surface area contributed by atoms with E-state index in [0.717, 1.165) is 0 Å². The number of hydrogen-bond acceptors (Lipinski definition) is 5. The number of nitrogens with zero attached hydrogens (tertiary/aromatic N) is 2. The maximum Gasteiger partial charge on any atom is 0.239 e. The molecule has 6 nitrogen and oxygen atoms in total. The summed E-state index contributed by atoms with van der Waals surface area (Å²) >= 11 is 0. The molecule has 0 radical (unpaired) electrons. The first-order valence-corrected chi connectivity index (χ1v) is 5.06. The van der Waals surface area contributed by atoms with Crippen molar-refractivity contribution in [2.75, 3.05) is 18.9 Å². The molecule has 0 bridgehead atoms. The smallest absolute Gasteiger partial charge is 0.239 e. The van der Waals surface area contributed by atoms with Crippen LogP contribution in [0.25, 0.3) is 0 Å². The van der Waals surface area contributed by atoms with Crippen LogP contribution in [0.1, 0.15) is 13.8 Å². The van der Waals surface area contributed by atoms with E-state index in [1.165, 1.54) is 0 Å². The fourth-order valence-corrected chi connectivity index (χ4v) is 0.982. The van der Waals surface area contributed by atoms with Gasteiger partial charge in [-0.2, -0.15) is 4.98 Å². The molecule has 0 aliphatic rings. The van der Waals surface area contributed by atoms with Gasteiger partial charge < -0.3 is 15.4 Å². The van der Waals surface area contributed by atoms with Gasteiger partial charge in [-0.1, -0.05) is 0 Å². The molecule has 2 N–H and O–H groups in total. The maximum absolute atomic E-state index is 11.0. The minimum atomic E-state index is -0.126. The molecule has 0 saturated heterocycles. The van der Waals surface area contributed by atoms with Gasteiger partial charge in [-0.25, -0.2) is 4.98 Å². The van der Waals surface area contributed by atoms with Gasteiger partial charge in [0.2, 0.25) is 17.7 Å². The number of aromatic nitrogens is 2.